The van der Waals surface area contributed by atoms with Crippen LogP contribution in [0.5, 0.6) is 0 Å². The lowest BCUT2D eigenvalue weighted by atomic mass is 10.2. The molecule has 2 aromatic rings. The summed E-state index contributed by atoms with van der Waals surface area (Å²) in [4.78, 5) is 3.32. The molecule has 0 aliphatic carbocycles. The van der Waals surface area contributed by atoms with Crippen molar-refractivity contribution in [2.75, 3.05) is 4.72 Å². The van der Waals surface area contributed by atoms with Crippen LogP contribution in [-0.2, 0) is 10.0 Å². The molecule has 0 saturated heterocycles. The lowest BCUT2D eigenvalue weighted by Crippen LogP contribution is -2.15. The van der Waals surface area contributed by atoms with Gasteiger partial charge in [-0.1, -0.05) is 6.07 Å². The SMILES string of the molecule is Cc1cc(F)ccc1S(=O)(=O)Nc1cccc(F)n1. The van der Waals surface area contributed by atoms with Crippen molar-refractivity contribution in [2.45, 2.75) is 11.8 Å². The monoisotopic (exact) mass is 284 g/mol. The molecule has 0 bridgehead atoms. The van der Waals surface area contributed by atoms with Gasteiger partial charge in [0, 0.05) is 0 Å². The molecule has 19 heavy (non-hydrogen) atoms. The maximum atomic E-state index is 12.9. The Hall–Kier alpha value is -2.02. The quantitative estimate of drug-likeness (QED) is 0.881. The Labute approximate surface area is 109 Å². The summed E-state index contributed by atoms with van der Waals surface area (Å²) in [5.74, 6) is -1.46. The topological polar surface area (TPSA) is 59.1 Å². The molecule has 7 heteroatoms. The number of pyridine rings is 1. The Bertz CT molecular complexity index is 717. The third kappa shape index (κ3) is 3.05. The molecule has 1 aromatic heterocycles. The molecule has 0 radical (unpaired) electrons. The smallest absolute Gasteiger partial charge is 0.263 e. The molecule has 100 valence electrons. The number of halogens is 2. The minimum atomic E-state index is -3.92. The highest BCUT2D eigenvalue weighted by Gasteiger charge is 2.18. The molecule has 0 unspecified atom stereocenters. The third-order valence-electron chi connectivity index (χ3n) is 2.38. The number of aryl methyl sites for hydroxylation is 1. The van der Waals surface area contributed by atoms with Gasteiger partial charge in [0.2, 0.25) is 5.95 Å². The van der Waals surface area contributed by atoms with E-state index >= 15 is 0 Å². The van der Waals surface area contributed by atoms with Crippen LogP contribution in [0, 0.1) is 18.7 Å². The fraction of sp³-hybridized carbons (Fsp3) is 0.0833. The third-order valence-corrected chi connectivity index (χ3v) is 3.90. The molecule has 0 saturated carbocycles. The molecular weight excluding hydrogens is 274 g/mol. The first-order valence-electron chi connectivity index (χ1n) is 5.30. The zero-order valence-electron chi connectivity index (χ0n) is 9.89. The average Bonchev–Trinajstić information content (AvgIpc) is 2.27. The second kappa shape index (κ2) is 4.93. The normalized spacial score (nSPS) is 11.3. The zero-order chi connectivity index (χ0) is 14.0. The standard InChI is InChI=1S/C12H10F2N2O2S/c1-8-7-9(13)5-6-10(8)19(17,18)16-12-4-2-3-11(14)15-12/h2-7H,1H3,(H,15,16). The fourth-order valence-electron chi connectivity index (χ4n) is 1.57. The average molecular weight is 284 g/mol. The second-order valence-electron chi connectivity index (χ2n) is 3.86. The lowest BCUT2D eigenvalue weighted by molar-refractivity contribution is 0.584. The molecular formula is C12H10F2N2O2S. The van der Waals surface area contributed by atoms with Crippen molar-refractivity contribution in [1.82, 2.24) is 4.98 Å². The van der Waals surface area contributed by atoms with E-state index in [0.717, 1.165) is 24.3 Å². The highest BCUT2D eigenvalue weighted by molar-refractivity contribution is 7.92. The van der Waals surface area contributed by atoms with Crippen LogP contribution in [0.1, 0.15) is 5.56 Å². The molecule has 0 aliphatic heterocycles. The summed E-state index contributed by atoms with van der Waals surface area (Å²) in [6.45, 7) is 1.47. The van der Waals surface area contributed by atoms with Gasteiger partial charge in [-0.25, -0.2) is 17.8 Å². The summed E-state index contributed by atoms with van der Waals surface area (Å²) in [7, 11) is -3.92. The van der Waals surface area contributed by atoms with E-state index in [9.17, 15) is 17.2 Å². The van der Waals surface area contributed by atoms with E-state index < -0.39 is 21.8 Å². The van der Waals surface area contributed by atoms with Gasteiger partial charge in [0.05, 0.1) is 4.90 Å². The van der Waals surface area contributed by atoms with E-state index in [1.54, 1.807) is 0 Å². The number of aromatic nitrogens is 1. The van der Waals surface area contributed by atoms with Crippen molar-refractivity contribution in [3.05, 3.63) is 53.7 Å². The van der Waals surface area contributed by atoms with E-state index in [0.29, 0.717) is 0 Å². The van der Waals surface area contributed by atoms with E-state index in [-0.39, 0.29) is 16.3 Å². The van der Waals surface area contributed by atoms with Crippen molar-refractivity contribution in [1.29, 1.82) is 0 Å². The highest BCUT2D eigenvalue weighted by atomic mass is 32.2. The zero-order valence-corrected chi connectivity index (χ0v) is 10.7. The number of nitrogens with one attached hydrogen (secondary N) is 1. The first kappa shape index (κ1) is 13.4. The lowest BCUT2D eigenvalue weighted by Gasteiger charge is -2.09. The van der Waals surface area contributed by atoms with Crippen molar-refractivity contribution in [3.8, 4) is 0 Å². The van der Waals surface area contributed by atoms with Crippen LogP contribution in [0.15, 0.2) is 41.3 Å². The molecule has 1 N–H and O–H groups in total. The number of rotatable bonds is 3. The number of hydrogen-bond donors (Lipinski definition) is 1. The van der Waals surface area contributed by atoms with Gasteiger partial charge < -0.3 is 0 Å². The Balaban J connectivity index is 2.38. The Kier molecular flexibility index (Phi) is 3.48. The van der Waals surface area contributed by atoms with Gasteiger partial charge in [0.15, 0.2) is 0 Å². The minimum absolute atomic E-state index is 0.0834. The van der Waals surface area contributed by atoms with Gasteiger partial charge in [-0.2, -0.15) is 4.39 Å². The van der Waals surface area contributed by atoms with Crippen LogP contribution < -0.4 is 4.72 Å². The second-order valence-corrected chi connectivity index (χ2v) is 5.51. The van der Waals surface area contributed by atoms with Gasteiger partial charge in [0.1, 0.15) is 11.6 Å². The Morgan fingerprint density at radius 2 is 1.89 bits per heavy atom. The summed E-state index contributed by atoms with van der Waals surface area (Å²) in [6, 6.07) is 7.04. The molecule has 2 rings (SSSR count). The Morgan fingerprint density at radius 3 is 2.53 bits per heavy atom. The first-order valence-corrected chi connectivity index (χ1v) is 6.78. The molecule has 0 fully saturated rings. The van der Waals surface area contributed by atoms with E-state index in [1.165, 1.54) is 19.1 Å². The molecule has 1 aromatic carbocycles. The van der Waals surface area contributed by atoms with Crippen molar-refractivity contribution in [3.63, 3.8) is 0 Å². The minimum Gasteiger partial charge on any atom is -0.263 e. The number of hydrogen-bond acceptors (Lipinski definition) is 3. The fourth-order valence-corrected chi connectivity index (χ4v) is 2.80. The largest absolute Gasteiger partial charge is 0.263 e. The molecule has 4 nitrogen and oxygen atoms in total. The predicted octanol–water partition coefficient (Wildman–Crippen LogP) is 2.47. The summed E-state index contributed by atoms with van der Waals surface area (Å²) in [6.07, 6.45) is 0. The van der Waals surface area contributed by atoms with Gasteiger partial charge in [0.25, 0.3) is 10.0 Å². The van der Waals surface area contributed by atoms with E-state index in [4.69, 9.17) is 0 Å². The molecule has 0 amide bonds. The van der Waals surface area contributed by atoms with Crippen LogP contribution in [0.25, 0.3) is 0 Å². The maximum absolute atomic E-state index is 12.9. The van der Waals surface area contributed by atoms with E-state index in [2.05, 4.69) is 9.71 Å². The van der Waals surface area contributed by atoms with Crippen LogP contribution in [-0.4, -0.2) is 13.4 Å². The Morgan fingerprint density at radius 1 is 1.16 bits per heavy atom. The van der Waals surface area contributed by atoms with Crippen molar-refractivity contribution >= 4 is 15.8 Å². The highest BCUT2D eigenvalue weighted by Crippen LogP contribution is 2.19. The van der Waals surface area contributed by atoms with E-state index in [1.807, 2.05) is 0 Å². The number of anilines is 1. The summed E-state index contributed by atoms with van der Waals surface area (Å²) in [5.41, 5.74) is 0.254. The maximum Gasteiger partial charge on any atom is 0.263 e. The van der Waals surface area contributed by atoms with Crippen LogP contribution in [0.3, 0.4) is 0 Å². The molecule has 0 aliphatic rings. The van der Waals surface area contributed by atoms with Gasteiger partial charge >= 0.3 is 0 Å². The van der Waals surface area contributed by atoms with Crippen molar-refractivity contribution < 1.29 is 17.2 Å². The van der Waals surface area contributed by atoms with Crippen LogP contribution in [0.4, 0.5) is 14.6 Å². The molecule has 0 atom stereocenters. The van der Waals surface area contributed by atoms with Crippen LogP contribution >= 0.6 is 0 Å². The summed E-state index contributed by atoms with van der Waals surface area (Å²) >= 11 is 0. The molecule has 0 spiro atoms. The predicted molar refractivity (Wildman–Crippen MR) is 66.1 cm³/mol. The van der Waals surface area contributed by atoms with Gasteiger partial charge in [-0.3, -0.25) is 4.72 Å². The van der Waals surface area contributed by atoms with Gasteiger partial charge in [-0.15, -0.1) is 0 Å². The number of nitrogens with zero attached hydrogens (tertiary/aromatic N) is 1. The molecule has 1 heterocycles. The first-order chi connectivity index (χ1) is 8.88. The number of sulfonamides is 1. The number of benzene rings is 1. The van der Waals surface area contributed by atoms with Crippen LogP contribution in [0.2, 0.25) is 0 Å². The summed E-state index contributed by atoms with van der Waals surface area (Å²) in [5, 5.41) is 0. The van der Waals surface area contributed by atoms with Gasteiger partial charge in [-0.05, 0) is 42.8 Å². The summed E-state index contributed by atoms with van der Waals surface area (Å²) < 4.78 is 52.1. The van der Waals surface area contributed by atoms with Crippen molar-refractivity contribution in [2.24, 2.45) is 0 Å².